The van der Waals surface area contributed by atoms with E-state index in [0.717, 1.165) is 110 Å². The van der Waals surface area contributed by atoms with Crippen LogP contribution in [0.3, 0.4) is 0 Å². The minimum Gasteiger partial charge on any atom is -0.208 e. The summed E-state index contributed by atoms with van der Waals surface area (Å²) >= 11 is 0. The van der Waals surface area contributed by atoms with E-state index in [1.165, 1.54) is 10.8 Å². The molecule has 0 amide bonds. The van der Waals surface area contributed by atoms with Gasteiger partial charge in [0.25, 0.3) is 0 Å². The lowest BCUT2D eigenvalue weighted by Crippen LogP contribution is -2.04. The molecule has 0 saturated heterocycles. The first-order chi connectivity index (χ1) is 39.7. The molecule has 6 heteroatoms. The van der Waals surface area contributed by atoms with Crippen molar-refractivity contribution >= 4 is 53.9 Å². The van der Waals surface area contributed by atoms with Gasteiger partial charge in [-0.2, -0.15) is 0 Å². The van der Waals surface area contributed by atoms with Crippen LogP contribution in [-0.2, 0) is 0 Å². The molecular formula is C74H46N6. The van der Waals surface area contributed by atoms with Gasteiger partial charge in [0, 0.05) is 33.4 Å². The fraction of sp³-hybridized carbons (Fsp3) is 0. The summed E-state index contributed by atoms with van der Waals surface area (Å²) in [5.74, 6) is 3.41. The minimum atomic E-state index is 0.547. The molecule has 2 aromatic heterocycles. The summed E-state index contributed by atoms with van der Waals surface area (Å²) in [5, 5.41) is 10.6. The molecule has 6 nitrogen and oxygen atoms in total. The molecule has 0 radical (unpaired) electrons. The van der Waals surface area contributed by atoms with E-state index in [2.05, 4.69) is 206 Å². The van der Waals surface area contributed by atoms with Crippen LogP contribution in [0, 0.1) is 0 Å². The molecule has 15 rings (SSSR count). The van der Waals surface area contributed by atoms with Crippen molar-refractivity contribution in [1.29, 1.82) is 0 Å². The normalized spacial score (nSPS) is 11.5. The Labute approximate surface area is 462 Å². The fourth-order valence-electron chi connectivity index (χ4n) is 11.6. The monoisotopic (exact) mass is 1020 g/mol. The smallest absolute Gasteiger partial charge is 0.165 e. The van der Waals surface area contributed by atoms with Gasteiger partial charge in [-0.05, 0) is 112 Å². The molecule has 13 aromatic carbocycles. The van der Waals surface area contributed by atoms with Gasteiger partial charge in [-0.1, -0.05) is 255 Å². The van der Waals surface area contributed by atoms with Crippen LogP contribution in [0.15, 0.2) is 279 Å². The molecule has 372 valence electrons. The van der Waals surface area contributed by atoms with E-state index in [9.17, 15) is 0 Å². The van der Waals surface area contributed by atoms with Gasteiger partial charge in [0.1, 0.15) is 0 Å². The number of fused-ring (bicyclic) bond motifs is 6. The first-order valence-electron chi connectivity index (χ1n) is 26.9. The van der Waals surface area contributed by atoms with E-state index in [-0.39, 0.29) is 0 Å². The van der Waals surface area contributed by atoms with Crippen LogP contribution in [0.4, 0.5) is 0 Å². The van der Waals surface area contributed by atoms with Crippen LogP contribution in [0.1, 0.15) is 0 Å². The van der Waals surface area contributed by atoms with Crippen molar-refractivity contribution in [3.05, 3.63) is 279 Å². The molecule has 0 aliphatic rings. The summed E-state index contributed by atoms with van der Waals surface area (Å²) in [7, 11) is 0. The fourth-order valence-corrected chi connectivity index (χ4v) is 11.6. The van der Waals surface area contributed by atoms with Crippen LogP contribution < -0.4 is 0 Å². The van der Waals surface area contributed by atoms with Crippen LogP contribution >= 0.6 is 0 Å². The standard InChI is InChI=1S/C74H46N6/c1-7-23-47(24-8-1)55-41-42-59-61(44-55)68(74-79-71(52-32-15-5-16-33-52)76-72(80-74)53-34-17-6-18-35-53)64-46-62-60(45-63(64)67(59)73-77-69(50-28-11-3-12-29-50)75-70(78-73)51-30-13-4-14-31-51)57-37-21-22-38-58(57)66(65(62)49-26-9-2-10-27-49)56-40-39-48-25-19-20-36-54(48)43-56/h1-46H. The average Bonchev–Trinajstić information content (AvgIpc) is 3.73. The first kappa shape index (κ1) is 46.5. The van der Waals surface area contributed by atoms with E-state index >= 15 is 0 Å². The Morgan fingerprint density at radius 1 is 0.150 bits per heavy atom. The van der Waals surface area contributed by atoms with Crippen molar-refractivity contribution in [2.24, 2.45) is 0 Å². The third-order valence-corrected chi connectivity index (χ3v) is 15.3. The molecule has 0 spiro atoms. The maximum atomic E-state index is 5.55. The van der Waals surface area contributed by atoms with Gasteiger partial charge in [0.2, 0.25) is 0 Å². The van der Waals surface area contributed by atoms with E-state index in [1.807, 2.05) is 72.8 Å². The predicted octanol–water partition coefficient (Wildman–Crippen LogP) is 18.8. The summed E-state index contributed by atoms with van der Waals surface area (Å²) < 4.78 is 0. The van der Waals surface area contributed by atoms with E-state index in [0.29, 0.717) is 34.9 Å². The van der Waals surface area contributed by atoms with Gasteiger partial charge in [-0.15, -0.1) is 0 Å². The van der Waals surface area contributed by atoms with Gasteiger partial charge < -0.3 is 0 Å². The Kier molecular flexibility index (Phi) is 11.4. The van der Waals surface area contributed by atoms with Gasteiger partial charge in [-0.3, -0.25) is 0 Å². The van der Waals surface area contributed by atoms with Crippen molar-refractivity contribution in [2.45, 2.75) is 0 Å². The molecule has 0 N–H and O–H groups in total. The molecule has 0 atom stereocenters. The second-order valence-electron chi connectivity index (χ2n) is 20.1. The largest absolute Gasteiger partial charge is 0.208 e. The van der Waals surface area contributed by atoms with Gasteiger partial charge in [0.05, 0.1) is 0 Å². The number of hydrogen-bond acceptors (Lipinski definition) is 6. The SMILES string of the molecule is c1ccc(-c2ccc3c(-c4nc(-c5ccccc5)nc(-c5ccccc5)n4)c4cc5c(cc4c(-c4nc(-c6ccccc6)nc(-c6ccccc6)n4)c3c2)c(-c2ccccc2)c(-c2ccc3ccccc3c2)c2ccccc25)cc1. The van der Waals surface area contributed by atoms with Crippen LogP contribution in [-0.4, -0.2) is 29.9 Å². The Morgan fingerprint density at radius 2 is 0.487 bits per heavy atom. The Bertz CT molecular complexity index is 4730. The summed E-state index contributed by atoms with van der Waals surface area (Å²) in [4.78, 5) is 32.6. The zero-order valence-electron chi connectivity index (χ0n) is 43.2. The Balaban J connectivity index is 1.17. The molecule has 0 bridgehead atoms. The van der Waals surface area contributed by atoms with Crippen LogP contribution in [0.25, 0.3) is 156 Å². The summed E-state index contributed by atoms with van der Waals surface area (Å²) in [6.45, 7) is 0. The van der Waals surface area contributed by atoms with Crippen molar-refractivity contribution < 1.29 is 0 Å². The minimum absolute atomic E-state index is 0.547. The molecule has 0 unspecified atom stereocenters. The number of hydrogen-bond donors (Lipinski definition) is 0. The predicted molar refractivity (Wildman–Crippen MR) is 330 cm³/mol. The van der Waals surface area contributed by atoms with Crippen molar-refractivity contribution in [3.8, 4) is 102 Å². The lowest BCUT2D eigenvalue weighted by atomic mass is 9.82. The zero-order chi connectivity index (χ0) is 52.9. The zero-order valence-corrected chi connectivity index (χ0v) is 43.2. The van der Waals surface area contributed by atoms with Crippen LogP contribution in [0.2, 0.25) is 0 Å². The maximum absolute atomic E-state index is 5.55. The topological polar surface area (TPSA) is 77.3 Å². The van der Waals surface area contributed by atoms with Gasteiger partial charge in [0.15, 0.2) is 34.9 Å². The van der Waals surface area contributed by atoms with E-state index < -0.39 is 0 Å². The summed E-state index contributed by atoms with van der Waals surface area (Å²) in [5.41, 5.74) is 12.0. The van der Waals surface area contributed by atoms with Crippen molar-refractivity contribution in [2.75, 3.05) is 0 Å². The summed E-state index contributed by atoms with van der Waals surface area (Å²) in [6.07, 6.45) is 0. The maximum Gasteiger partial charge on any atom is 0.165 e. The Hall–Kier alpha value is -10.8. The lowest BCUT2D eigenvalue weighted by molar-refractivity contribution is 1.08. The highest BCUT2D eigenvalue weighted by Crippen LogP contribution is 2.51. The van der Waals surface area contributed by atoms with Gasteiger partial charge in [-0.25, -0.2) is 29.9 Å². The molecule has 0 aliphatic heterocycles. The number of nitrogens with zero attached hydrogens (tertiary/aromatic N) is 6. The lowest BCUT2D eigenvalue weighted by Gasteiger charge is -2.22. The second kappa shape index (κ2) is 19.6. The summed E-state index contributed by atoms with van der Waals surface area (Å²) in [6, 6.07) is 98.1. The first-order valence-corrected chi connectivity index (χ1v) is 26.9. The molecule has 0 aliphatic carbocycles. The highest BCUT2D eigenvalue weighted by molar-refractivity contribution is 6.29. The van der Waals surface area contributed by atoms with Crippen molar-refractivity contribution in [3.63, 3.8) is 0 Å². The van der Waals surface area contributed by atoms with E-state index in [1.54, 1.807) is 0 Å². The molecule has 0 saturated carbocycles. The third-order valence-electron chi connectivity index (χ3n) is 15.3. The third kappa shape index (κ3) is 8.22. The van der Waals surface area contributed by atoms with Crippen LogP contribution in [0.5, 0.6) is 0 Å². The number of benzene rings is 13. The molecule has 15 aromatic rings. The molecule has 80 heavy (non-hydrogen) atoms. The quantitative estimate of drug-likeness (QED) is 0.106. The molecular weight excluding hydrogens is 973 g/mol. The van der Waals surface area contributed by atoms with E-state index in [4.69, 9.17) is 29.9 Å². The highest BCUT2D eigenvalue weighted by Gasteiger charge is 2.27. The van der Waals surface area contributed by atoms with Crippen molar-refractivity contribution in [1.82, 2.24) is 29.9 Å². The Morgan fingerprint density at radius 3 is 1.00 bits per heavy atom. The number of rotatable bonds is 9. The highest BCUT2D eigenvalue weighted by atomic mass is 15.0. The average molecular weight is 1020 g/mol. The second-order valence-corrected chi connectivity index (χ2v) is 20.1. The number of aromatic nitrogens is 6. The van der Waals surface area contributed by atoms with Gasteiger partial charge >= 0.3 is 0 Å². The molecule has 2 heterocycles. The molecule has 0 fully saturated rings.